The molecule has 0 aliphatic carbocycles. The van der Waals surface area contributed by atoms with Crippen LogP contribution in [0.2, 0.25) is 10.0 Å². The van der Waals surface area contributed by atoms with Gasteiger partial charge in [-0.25, -0.2) is 4.98 Å². The molecule has 1 N–H and O–H groups in total. The Morgan fingerprint density at radius 3 is 2.52 bits per heavy atom. The molecule has 0 amide bonds. The fraction of sp³-hybridized carbons (Fsp3) is 0.385. The van der Waals surface area contributed by atoms with Crippen molar-refractivity contribution in [1.29, 1.82) is 0 Å². The maximum atomic E-state index is 12.9. The monoisotopic (exact) mass is 505 g/mol. The summed E-state index contributed by atoms with van der Waals surface area (Å²) in [5, 5.41) is 11.4. The number of nitrogens with zero attached hydrogens (tertiary/aromatic N) is 1. The molecule has 4 nitrogen and oxygen atoms in total. The zero-order chi connectivity index (χ0) is 24.3. The number of halogens is 2. The van der Waals surface area contributed by atoms with Crippen LogP contribution in [0, 0.1) is 6.92 Å². The van der Waals surface area contributed by atoms with Gasteiger partial charge in [-0.1, -0.05) is 37.0 Å². The number of thiazole rings is 1. The topological polar surface area (TPSA) is 59.4 Å². The van der Waals surface area contributed by atoms with Gasteiger partial charge in [-0.3, -0.25) is 4.79 Å². The number of Topliss-reactive ketones (excluding diaryl/α,β-unsaturated/α-hetero) is 1. The molecule has 1 heterocycles. The van der Waals surface area contributed by atoms with Gasteiger partial charge in [-0.15, -0.1) is 11.3 Å². The summed E-state index contributed by atoms with van der Waals surface area (Å²) < 4.78 is 5.86. The molecule has 3 aromatic rings. The quantitative estimate of drug-likeness (QED) is 0.305. The first-order valence-electron chi connectivity index (χ1n) is 10.9. The number of carbonyl (C=O) groups is 1. The number of hydrogen-bond donors (Lipinski definition) is 1. The maximum absolute atomic E-state index is 12.9. The van der Waals surface area contributed by atoms with Crippen LogP contribution in [-0.4, -0.2) is 28.1 Å². The highest BCUT2D eigenvalue weighted by Gasteiger charge is 2.21. The molecular formula is C26H29Cl2NO3S. The highest BCUT2D eigenvalue weighted by molar-refractivity contribution is 7.15. The summed E-state index contributed by atoms with van der Waals surface area (Å²) in [5.74, 6) is 1.01. The second kappa shape index (κ2) is 10.6. The second-order valence-corrected chi connectivity index (χ2v) is 10.9. The summed E-state index contributed by atoms with van der Waals surface area (Å²) in [5.41, 5.74) is 2.61. The van der Waals surface area contributed by atoms with E-state index < -0.39 is 5.60 Å². The molecule has 0 spiro atoms. The Kier molecular flexibility index (Phi) is 8.22. The van der Waals surface area contributed by atoms with Crippen LogP contribution >= 0.6 is 34.5 Å². The average molecular weight is 506 g/mol. The minimum atomic E-state index is -0.682. The van der Waals surface area contributed by atoms with E-state index in [0.717, 1.165) is 26.7 Å². The average Bonchev–Trinajstić information content (AvgIpc) is 3.17. The van der Waals surface area contributed by atoms with E-state index >= 15 is 0 Å². The van der Waals surface area contributed by atoms with Crippen molar-refractivity contribution in [3.05, 3.63) is 68.1 Å². The molecular weight excluding hydrogens is 477 g/mol. The smallest absolute Gasteiger partial charge is 0.163 e. The first-order chi connectivity index (χ1) is 15.5. The Morgan fingerprint density at radius 2 is 1.91 bits per heavy atom. The lowest BCUT2D eigenvalue weighted by atomic mass is 10.0. The Balaban J connectivity index is 1.77. The number of rotatable bonds is 9. The van der Waals surface area contributed by atoms with Crippen molar-refractivity contribution in [2.45, 2.75) is 59.0 Å². The highest BCUT2D eigenvalue weighted by Crippen LogP contribution is 2.37. The Morgan fingerprint density at radius 1 is 1.18 bits per heavy atom. The standard InChI is InChI=1S/C26H29Cl2NO3S/c1-15(2)24-21(29-25(33-24)19-8-7-18(27)13-20(19)28)9-10-22(31)17-6-11-23(16(3)12-17)32-26(4,5)14-30/h6-8,11-13,15,30H,9-10,14H2,1-5H3. The molecule has 0 aliphatic rings. The molecule has 0 unspecified atom stereocenters. The Hall–Kier alpha value is -1.92. The lowest BCUT2D eigenvalue weighted by Gasteiger charge is -2.25. The summed E-state index contributed by atoms with van der Waals surface area (Å²) >= 11 is 14.0. The Bertz CT molecular complexity index is 1150. The summed E-state index contributed by atoms with van der Waals surface area (Å²) in [6.07, 6.45) is 0.919. The van der Waals surface area contributed by atoms with E-state index in [-0.39, 0.29) is 12.4 Å². The van der Waals surface area contributed by atoms with E-state index in [0.29, 0.717) is 40.1 Å². The van der Waals surface area contributed by atoms with Gasteiger partial charge in [-0.05, 0) is 75.1 Å². The fourth-order valence-corrected chi connectivity index (χ4v) is 5.12. The summed E-state index contributed by atoms with van der Waals surface area (Å²) in [4.78, 5) is 18.9. The molecule has 3 rings (SSSR count). The number of benzene rings is 2. The largest absolute Gasteiger partial charge is 0.485 e. The molecule has 0 atom stereocenters. The fourth-order valence-electron chi connectivity index (χ4n) is 3.42. The zero-order valence-corrected chi connectivity index (χ0v) is 21.9. The number of aromatic nitrogens is 1. The second-order valence-electron chi connectivity index (χ2n) is 9.03. The van der Waals surface area contributed by atoms with Gasteiger partial charge in [0.05, 0.1) is 17.3 Å². The Labute approximate surface area is 209 Å². The lowest BCUT2D eigenvalue weighted by Crippen LogP contribution is -2.32. The zero-order valence-electron chi connectivity index (χ0n) is 19.5. The van der Waals surface area contributed by atoms with Gasteiger partial charge in [-0.2, -0.15) is 0 Å². The van der Waals surface area contributed by atoms with Crippen LogP contribution in [0.1, 0.15) is 66.5 Å². The van der Waals surface area contributed by atoms with Crippen molar-refractivity contribution in [3.63, 3.8) is 0 Å². The van der Waals surface area contributed by atoms with E-state index in [1.54, 1.807) is 35.6 Å². The van der Waals surface area contributed by atoms with Crippen molar-refractivity contribution in [2.75, 3.05) is 6.61 Å². The predicted molar refractivity (Wildman–Crippen MR) is 137 cm³/mol. The molecule has 0 radical (unpaired) electrons. The van der Waals surface area contributed by atoms with Crippen LogP contribution in [0.3, 0.4) is 0 Å². The van der Waals surface area contributed by atoms with Crippen LogP contribution in [0.15, 0.2) is 36.4 Å². The molecule has 176 valence electrons. The number of aryl methyl sites for hydroxylation is 2. The highest BCUT2D eigenvalue weighted by atomic mass is 35.5. The molecule has 0 saturated carbocycles. The molecule has 0 saturated heterocycles. The van der Waals surface area contributed by atoms with Crippen LogP contribution in [0.5, 0.6) is 5.75 Å². The predicted octanol–water partition coefficient (Wildman–Crippen LogP) is 7.51. The first kappa shape index (κ1) is 25.7. The van der Waals surface area contributed by atoms with Crippen LogP contribution in [0.25, 0.3) is 10.6 Å². The van der Waals surface area contributed by atoms with Crippen molar-refractivity contribution < 1.29 is 14.6 Å². The third kappa shape index (κ3) is 6.36. The summed E-state index contributed by atoms with van der Waals surface area (Å²) in [7, 11) is 0. The number of carbonyl (C=O) groups excluding carboxylic acids is 1. The number of ketones is 1. The summed E-state index contributed by atoms with van der Waals surface area (Å²) in [6, 6.07) is 10.8. The molecule has 0 fully saturated rings. The van der Waals surface area contributed by atoms with E-state index in [1.807, 2.05) is 32.9 Å². The normalized spacial score (nSPS) is 11.8. The third-order valence-electron chi connectivity index (χ3n) is 5.27. The number of aliphatic hydroxyl groups excluding tert-OH is 1. The summed E-state index contributed by atoms with van der Waals surface area (Å²) in [6.45, 7) is 9.69. The SMILES string of the molecule is Cc1cc(C(=O)CCc2nc(-c3ccc(Cl)cc3Cl)sc2C(C)C)ccc1OC(C)(C)CO. The van der Waals surface area contributed by atoms with Gasteiger partial charge in [0.25, 0.3) is 0 Å². The molecule has 1 aromatic heterocycles. The van der Waals surface area contributed by atoms with Gasteiger partial charge in [0, 0.05) is 27.4 Å². The number of aliphatic hydroxyl groups is 1. The van der Waals surface area contributed by atoms with E-state index in [1.165, 1.54) is 0 Å². The molecule has 2 aromatic carbocycles. The van der Waals surface area contributed by atoms with Crippen molar-refractivity contribution in [3.8, 4) is 16.3 Å². The minimum Gasteiger partial charge on any atom is -0.485 e. The van der Waals surface area contributed by atoms with E-state index in [4.69, 9.17) is 32.9 Å². The minimum absolute atomic E-state index is 0.0554. The number of hydrogen-bond acceptors (Lipinski definition) is 5. The lowest BCUT2D eigenvalue weighted by molar-refractivity contribution is 0.0406. The van der Waals surface area contributed by atoms with Gasteiger partial charge < -0.3 is 9.84 Å². The van der Waals surface area contributed by atoms with Gasteiger partial charge in [0.15, 0.2) is 5.78 Å². The van der Waals surface area contributed by atoms with Crippen LogP contribution < -0.4 is 4.74 Å². The van der Waals surface area contributed by atoms with Crippen molar-refractivity contribution >= 4 is 40.3 Å². The molecule has 0 bridgehead atoms. The van der Waals surface area contributed by atoms with Crippen molar-refractivity contribution in [2.24, 2.45) is 0 Å². The van der Waals surface area contributed by atoms with Gasteiger partial charge >= 0.3 is 0 Å². The third-order valence-corrected chi connectivity index (χ3v) is 7.25. The maximum Gasteiger partial charge on any atom is 0.163 e. The van der Waals surface area contributed by atoms with E-state index in [9.17, 15) is 9.90 Å². The number of ether oxygens (including phenoxy) is 1. The van der Waals surface area contributed by atoms with Crippen LogP contribution in [-0.2, 0) is 6.42 Å². The van der Waals surface area contributed by atoms with Gasteiger partial charge in [0.2, 0.25) is 0 Å². The molecule has 33 heavy (non-hydrogen) atoms. The van der Waals surface area contributed by atoms with Crippen LogP contribution in [0.4, 0.5) is 0 Å². The molecule has 7 heteroatoms. The molecule has 0 aliphatic heterocycles. The van der Waals surface area contributed by atoms with E-state index in [2.05, 4.69) is 13.8 Å². The van der Waals surface area contributed by atoms with Crippen molar-refractivity contribution in [1.82, 2.24) is 4.98 Å². The van der Waals surface area contributed by atoms with Gasteiger partial charge in [0.1, 0.15) is 16.4 Å². The first-order valence-corrected chi connectivity index (χ1v) is 12.5.